The molecule has 1 aliphatic heterocycles. The van der Waals surface area contributed by atoms with Crippen molar-refractivity contribution in [3.05, 3.63) is 22.8 Å². The fourth-order valence-corrected chi connectivity index (χ4v) is 4.00. The molecule has 2 fully saturated rings. The first-order valence-electron chi connectivity index (χ1n) is 7.81. The largest absolute Gasteiger partial charge is 0.369 e. The van der Waals surface area contributed by atoms with Gasteiger partial charge in [0, 0.05) is 18.0 Å². The van der Waals surface area contributed by atoms with Crippen LogP contribution in [0.3, 0.4) is 0 Å². The summed E-state index contributed by atoms with van der Waals surface area (Å²) in [6, 6.07) is 5.56. The molecule has 4 unspecified atom stereocenters. The first kappa shape index (κ1) is 16.4. The van der Waals surface area contributed by atoms with E-state index in [2.05, 4.69) is 15.6 Å². The van der Waals surface area contributed by atoms with E-state index in [1.807, 2.05) is 6.07 Å². The number of alkyl halides is 1. The van der Waals surface area contributed by atoms with Crippen molar-refractivity contribution in [1.29, 1.82) is 5.26 Å². The fourth-order valence-electron chi connectivity index (χ4n) is 3.45. The van der Waals surface area contributed by atoms with Gasteiger partial charge >= 0.3 is 0 Å². The minimum atomic E-state index is -0.102. The lowest BCUT2D eigenvalue weighted by Crippen LogP contribution is -2.53. The van der Waals surface area contributed by atoms with Gasteiger partial charge in [-0.15, -0.1) is 11.6 Å². The van der Waals surface area contributed by atoms with Gasteiger partial charge in [0.15, 0.2) is 0 Å². The molecule has 0 aromatic carbocycles. The van der Waals surface area contributed by atoms with Gasteiger partial charge in [-0.3, -0.25) is 4.79 Å². The summed E-state index contributed by atoms with van der Waals surface area (Å²) in [5.74, 6) is 1.01. The van der Waals surface area contributed by atoms with E-state index in [1.54, 1.807) is 12.1 Å². The molecule has 1 aliphatic carbocycles. The Kier molecular flexibility index (Phi) is 4.93. The summed E-state index contributed by atoms with van der Waals surface area (Å²) in [7, 11) is 0. The number of hydrogen-bond acceptors (Lipinski definition) is 4. The minimum absolute atomic E-state index is 0.0894. The fraction of sp³-hybridized carbons (Fsp3) is 0.562. The van der Waals surface area contributed by atoms with Crippen molar-refractivity contribution in [3.8, 4) is 6.07 Å². The average Bonchev–Trinajstić information content (AvgIpc) is 2.53. The molecule has 1 saturated carbocycles. The quantitative estimate of drug-likeness (QED) is 0.647. The van der Waals surface area contributed by atoms with Crippen molar-refractivity contribution in [2.45, 2.75) is 37.1 Å². The highest BCUT2D eigenvalue weighted by atomic mass is 35.5. The van der Waals surface area contributed by atoms with Crippen LogP contribution in [0.4, 0.5) is 5.82 Å². The Morgan fingerprint density at radius 3 is 2.96 bits per heavy atom. The zero-order valence-corrected chi connectivity index (χ0v) is 14.1. The van der Waals surface area contributed by atoms with Crippen LogP contribution in [0.25, 0.3) is 0 Å². The number of carbonyl (C=O) groups excluding carboxylic acids is 1. The molecule has 3 rings (SSSR count). The third-order valence-electron chi connectivity index (χ3n) is 4.70. The summed E-state index contributed by atoms with van der Waals surface area (Å²) in [6.45, 7) is 0.497. The van der Waals surface area contributed by atoms with Crippen LogP contribution in [0.2, 0.25) is 5.15 Å². The SMILES string of the molecule is N#Cc1ccc(NCC2CC3CC(Cl)CCC3NC2=O)nc1Cl. The summed E-state index contributed by atoms with van der Waals surface area (Å²) in [4.78, 5) is 16.4. The van der Waals surface area contributed by atoms with Crippen LogP contribution in [-0.2, 0) is 4.79 Å². The van der Waals surface area contributed by atoms with Gasteiger partial charge < -0.3 is 10.6 Å². The standard InChI is InChI=1S/C16H18Cl2N4O/c17-12-2-3-13-10(6-12)5-11(16(23)21-13)8-20-14-4-1-9(7-19)15(18)22-14/h1,4,10-13H,2-3,5-6,8H2,(H,20,22)(H,21,23). The molecule has 23 heavy (non-hydrogen) atoms. The molecule has 7 heteroatoms. The molecule has 1 saturated heterocycles. The first-order valence-corrected chi connectivity index (χ1v) is 8.63. The summed E-state index contributed by atoms with van der Waals surface area (Å²) >= 11 is 12.2. The topological polar surface area (TPSA) is 77.8 Å². The molecule has 5 nitrogen and oxygen atoms in total. The van der Waals surface area contributed by atoms with Crippen molar-refractivity contribution >= 4 is 34.9 Å². The normalized spacial score (nSPS) is 30.0. The van der Waals surface area contributed by atoms with Gasteiger partial charge in [0.1, 0.15) is 17.0 Å². The third-order valence-corrected chi connectivity index (χ3v) is 5.39. The van der Waals surface area contributed by atoms with Crippen molar-refractivity contribution in [1.82, 2.24) is 10.3 Å². The minimum Gasteiger partial charge on any atom is -0.369 e. The van der Waals surface area contributed by atoms with Crippen LogP contribution < -0.4 is 10.6 Å². The Morgan fingerprint density at radius 1 is 1.39 bits per heavy atom. The molecule has 1 aromatic rings. The Labute approximate surface area is 145 Å². The molecule has 0 spiro atoms. The Morgan fingerprint density at radius 2 is 2.22 bits per heavy atom. The number of hydrogen-bond donors (Lipinski definition) is 2. The van der Waals surface area contributed by atoms with E-state index in [1.165, 1.54) is 0 Å². The van der Waals surface area contributed by atoms with E-state index in [9.17, 15) is 4.79 Å². The van der Waals surface area contributed by atoms with Crippen molar-refractivity contribution < 1.29 is 4.79 Å². The van der Waals surface area contributed by atoms with E-state index in [-0.39, 0.29) is 28.4 Å². The second-order valence-corrected chi connectivity index (χ2v) is 7.22. The highest BCUT2D eigenvalue weighted by molar-refractivity contribution is 6.30. The highest BCUT2D eigenvalue weighted by Gasteiger charge is 2.38. The zero-order chi connectivity index (χ0) is 16.4. The van der Waals surface area contributed by atoms with Crippen molar-refractivity contribution in [2.24, 2.45) is 11.8 Å². The van der Waals surface area contributed by atoms with Gasteiger partial charge in [0.05, 0.1) is 11.5 Å². The molecular weight excluding hydrogens is 335 g/mol. The third kappa shape index (κ3) is 3.70. The van der Waals surface area contributed by atoms with E-state index in [4.69, 9.17) is 28.5 Å². The molecule has 2 heterocycles. The maximum Gasteiger partial charge on any atom is 0.225 e. The Hall–Kier alpha value is -1.51. The number of nitrogens with one attached hydrogen (secondary N) is 2. The monoisotopic (exact) mass is 352 g/mol. The number of amides is 1. The van der Waals surface area contributed by atoms with Gasteiger partial charge in [-0.1, -0.05) is 11.6 Å². The number of fused-ring (bicyclic) bond motifs is 1. The first-order chi connectivity index (χ1) is 11.1. The molecule has 122 valence electrons. The molecular formula is C16H18Cl2N4O. The molecule has 0 radical (unpaired) electrons. The van der Waals surface area contributed by atoms with Gasteiger partial charge in [0.2, 0.25) is 5.91 Å². The molecule has 0 bridgehead atoms. The van der Waals surface area contributed by atoms with E-state index in [0.717, 1.165) is 25.7 Å². The van der Waals surface area contributed by atoms with Crippen molar-refractivity contribution in [2.75, 3.05) is 11.9 Å². The van der Waals surface area contributed by atoms with E-state index in [0.29, 0.717) is 23.8 Å². The number of halogens is 2. The van der Waals surface area contributed by atoms with Gasteiger partial charge in [-0.25, -0.2) is 4.98 Å². The Bertz CT molecular complexity index is 645. The lowest BCUT2D eigenvalue weighted by Gasteiger charge is -2.41. The Balaban J connectivity index is 1.60. The molecule has 2 N–H and O–H groups in total. The summed E-state index contributed by atoms with van der Waals surface area (Å²) < 4.78 is 0. The number of nitrogens with zero attached hydrogens (tertiary/aromatic N) is 2. The van der Waals surface area contributed by atoms with Crippen LogP contribution in [0.5, 0.6) is 0 Å². The number of carbonyl (C=O) groups is 1. The summed E-state index contributed by atoms with van der Waals surface area (Å²) in [5.41, 5.74) is 0.339. The van der Waals surface area contributed by atoms with Crippen LogP contribution in [-0.4, -0.2) is 28.9 Å². The number of aromatic nitrogens is 1. The smallest absolute Gasteiger partial charge is 0.225 e. The summed E-state index contributed by atoms with van der Waals surface area (Å²) in [6.07, 6.45) is 3.75. The maximum absolute atomic E-state index is 12.2. The predicted octanol–water partition coefficient (Wildman–Crippen LogP) is 2.93. The number of anilines is 1. The van der Waals surface area contributed by atoms with Crippen LogP contribution in [0.1, 0.15) is 31.2 Å². The molecule has 1 amide bonds. The average molecular weight is 353 g/mol. The predicted molar refractivity (Wildman–Crippen MR) is 89.5 cm³/mol. The van der Waals surface area contributed by atoms with Crippen LogP contribution >= 0.6 is 23.2 Å². The number of rotatable bonds is 3. The lowest BCUT2D eigenvalue weighted by molar-refractivity contribution is -0.129. The highest BCUT2D eigenvalue weighted by Crippen LogP contribution is 2.35. The number of pyridine rings is 1. The molecule has 2 aliphatic rings. The van der Waals surface area contributed by atoms with Gasteiger partial charge in [-0.2, -0.15) is 5.26 Å². The van der Waals surface area contributed by atoms with Gasteiger partial charge in [0.25, 0.3) is 0 Å². The number of piperidine rings is 1. The second kappa shape index (κ2) is 6.94. The lowest BCUT2D eigenvalue weighted by atomic mass is 9.75. The zero-order valence-electron chi connectivity index (χ0n) is 12.6. The molecule has 4 atom stereocenters. The maximum atomic E-state index is 12.2. The summed E-state index contributed by atoms with van der Waals surface area (Å²) in [5, 5.41) is 15.5. The van der Waals surface area contributed by atoms with Crippen LogP contribution in [0, 0.1) is 23.2 Å². The van der Waals surface area contributed by atoms with E-state index < -0.39 is 0 Å². The second-order valence-electron chi connectivity index (χ2n) is 6.25. The van der Waals surface area contributed by atoms with E-state index >= 15 is 0 Å². The van der Waals surface area contributed by atoms with Gasteiger partial charge in [-0.05, 0) is 43.7 Å². The van der Waals surface area contributed by atoms with Crippen LogP contribution in [0.15, 0.2) is 12.1 Å². The number of nitriles is 1. The molecule has 1 aromatic heterocycles. The van der Waals surface area contributed by atoms with Crippen molar-refractivity contribution in [3.63, 3.8) is 0 Å².